The zero-order valence-electron chi connectivity index (χ0n) is 14.6. The molecule has 2 N–H and O–H groups in total. The maximum atomic E-state index is 12.3. The molecule has 142 valence electrons. The summed E-state index contributed by atoms with van der Waals surface area (Å²) in [4.78, 5) is 15.4. The van der Waals surface area contributed by atoms with Crippen LogP contribution in [0.5, 0.6) is 0 Å². The van der Waals surface area contributed by atoms with Crippen molar-refractivity contribution in [1.29, 1.82) is 0 Å². The number of carbonyl (C=O) groups is 1. The molecule has 4 rings (SSSR count). The number of amides is 1. The largest absolute Gasteiger partial charge is 0.411 e. The van der Waals surface area contributed by atoms with Crippen molar-refractivity contribution in [3.63, 3.8) is 0 Å². The van der Waals surface area contributed by atoms with Gasteiger partial charge in [-0.1, -0.05) is 59.2 Å². The molecule has 9 heteroatoms. The van der Waals surface area contributed by atoms with Crippen LogP contribution in [0.3, 0.4) is 0 Å². The number of rotatable bonds is 5. The van der Waals surface area contributed by atoms with E-state index in [4.69, 9.17) is 27.6 Å². The third-order valence-electron chi connectivity index (χ3n) is 4.10. The zero-order chi connectivity index (χ0) is 19.7. The van der Waals surface area contributed by atoms with Crippen LogP contribution < -0.4 is 5.32 Å². The van der Waals surface area contributed by atoms with Gasteiger partial charge >= 0.3 is 0 Å². The van der Waals surface area contributed by atoms with Gasteiger partial charge in [0.2, 0.25) is 5.91 Å². The number of carbonyl (C=O) groups excluding carboxylic acids is 1. The molecule has 0 saturated carbocycles. The number of anilines is 1. The Morgan fingerprint density at radius 3 is 2.89 bits per heavy atom. The second-order valence-electron chi connectivity index (χ2n) is 6.01. The lowest BCUT2D eigenvalue weighted by molar-refractivity contribution is -0.113. The summed E-state index contributed by atoms with van der Waals surface area (Å²) < 4.78 is 5.69. The molecule has 0 aliphatic heterocycles. The van der Waals surface area contributed by atoms with E-state index in [0.29, 0.717) is 26.8 Å². The molecule has 1 amide bonds. The Labute approximate surface area is 174 Å². The van der Waals surface area contributed by atoms with Crippen LogP contribution >= 0.6 is 35.0 Å². The van der Waals surface area contributed by atoms with E-state index in [1.165, 1.54) is 0 Å². The third kappa shape index (κ3) is 3.73. The molecular weight excluding hydrogens is 419 g/mol. The molecule has 0 aliphatic rings. The van der Waals surface area contributed by atoms with E-state index >= 15 is 0 Å². The lowest BCUT2D eigenvalue weighted by atomic mass is 10.2. The zero-order valence-corrected chi connectivity index (χ0v) is 17.0. The Balaban J connectivity index is 1.44. The van der Waals surface area contributed by atoms with Gasteiger partial charge in [0.15, 0.2) is 0 Å². The molecule has 0 spiro atoms. The summed E-state index contributed by atoms with van der Waals surface area (Å²) in [5.41, 5.74) is 3.03. The minimum Gasteiger partial charge on any atom is -0.411 e. The molecule has 0 bridgehead atoms. The smallest absolute Gasteiger partial charge is 0.277 e. The monoisotopic (exact) mass is 432 g/mol. The van der Waals surface area contributed by atoms with Gasteiger partial charge in [0, 0.05) is 17.1 Å². The summed E-state index contributed by atoms with van der Waals surface area (Å²) in [6, 6.07) is 11.3. The SMILES string of the molecule is Cc1ccc(Cl)c(NC(=O)CSc2nnc(-c3c[nH]c4ccccc34)o2)c1Cl. The summed E-state index contributed by atoms with van der Waals surface area (Å²) in [6.45, 7) is 1.84. The highest BCUT2D eigenvalue weighted by Gasteiger charge is 2.16. The highest BCUT2D eigenvalue weighted by Crippen LogP contribution is 2.33. The van der Waals surface area contributed by atoms with Gasteiger partial charge in [-0.2, -0.15) is 0 Å². The number of thioether (sulfide) groups is 1. The van der Waals surface area contributed by atoms with Crippen molar-refractivity contribution in [3.05, 3.63) is 58.2 Å². The number of hydrogen-bond donors (Lipinski definition) is 2. The second-order valence-corrected chi connectivity index (χ2v) is 7.72. The molecule has 2 aromatic carbocycles. The number of aromatic nitrogens is 3. The number of para-hydroxylation sites is 1. The summed E-state index contributed by atoms with van der Waals surface area (Å²) in [5.74, 6) is 0.201. The predicted molar refractivity (Wildman–Crippen MR) is 112 cm³/mol. The molecule has 0 radical (unpaired) electrons. The fraction of sp³-hybridized carbons (Fsp3) is 0.105. The fourth-order valence-corrected chi connectivity index (χ4v) is 3.73. The minimum absolute atomic E-state index is 0.0795. The van der Waals surface area contributed by atoms with E-state index in [1.54, 1.807) is 12.1 Å². The first kappa shape index (κ1) is 18.9. The Hall–Kier alpha value is -2.48. The van der Waals surface area contributed by atoms with E-state index in [1.807, 2.05) is 37.4 Å². The minimum atomic E-state index is -0.272. The predicted octanol–water partition coefficient (Wildman–Crippen LogP) is 5.56. The van der Waals surface area contributed by atoms with Crippen LogP contribution in [-0.2, 0) is 4.79 Å². The van der Waals surface area contributed by atoms with Crippen LogP contribution in [0, 0.1) is 6.92 Å². The average molecular weight is 433 g/mol. The van der Waals surface area contributed by atoms with Gasteiger partial charge < -0.3 is 14.7 Å². The molecule has 6 nitrogen and oxygen atoms in total. The Kier molecular flexibility index (Phi) is 5.30. The van der Waals surface area contributed by atoms with Crippen molar-refractivity contribution in [2.75, 3.05) is 11.1 Å². The van der Waals surface area contributed by atoms with Gasteiger partial charge in [0.25, 0.3) is 11.1 Å². The number of aromatic amines is 1. The first-order chi connectivity index (χ1) is 13.5. The average Bonchev–Trinajstić information content (AvgIpc) is 3.33. The third-order valence-corrected chi connectivity index (χ3v) is 5.72. The second kappa shape index (κ2) is 7.87. The number of fused-ring (bicyclic) bond motifs is 1. The van der Waals surface area contributed by atoms with E-state index < -0.39 is 0 Å². The first-order valence-electron chi connectivity index (χ1n) is 8.30. The summed E-state index contributed by atoms with van der Waals surface area (Å²) in [7, 11) is 0. The molecule has 2 heterocycles. The van der Waals surface area contributed by atoms with Crippen LogP contribution in [0.4, 0.5) is 5.69 Å². The van der Waals surface area contributed by atoms with Crippen LogP contribution in [-0.4, -0.2) is 26.8 Å². The number of nitrogens with zero attached hydrogens (tertiary/aromatic N) is 2. The lowest BCUT2D eigenvalue weighted by Crippen LogP contribution is -2.15. The summed E-state index contributed by atoms with van der Waals surface area (Å²) in [5, 5.41) is 12.9. The van der Waals surface area contributed by atoms with Crippen molar-refractivity contribution >= 4 is 57.5 Å². The van der Waals surface area contributed by atoms with Gasteiger partial charge in [0.1, 0.15) is 0 Å². The number of nitrogens with one attached hydrogen (secondary N) is 2. The highest BCUT2D eigenvalue weighted by atomic mass is 35.5. The van der Waals surface area contributed by atoms with E-state index in [2.05, 4.69) is 20.5 Å². The lowest BCUT2D eigenvalue weighted by Gasteiger charge is -2.10. The maximum absolute atomic E-state index is 12.3. The molecule has 0 saturated heterocycles. The number of aryl methyl sites for hydroxylation is 1. The standard InChI is InChI=1S/C19H14Cl2N4O2S/c1-10-6-7-13(20)17(16(10)21)23-15(26)9-28-19-25-24-18(27-19)12-8-22-14-5-3-2-4-11(12)14/h2-8,22H,9H2,1H3,(H,23,26). The van der Waals surface area contributed by atoms with Gasteiger partial charge in [-0.05, 0) is 24.6 Å². The van der Waals surface area contributed by atoms with E-state index in [0.717, 1.165) is 33.8 Å². The number of halogens is 2. The van der Waals surface area contributed by atoms with Gasteiger partial charge in [-0.25, -0.2) is 0 Å². The number of H-pyrrole nitrogens is 1. The molecule has 0 fully saturated rings. The number of hydrogen-bond acceptors (Lipinski definition) is 5. The van der Waals surface area contributed by atoms with Crippen LogP contribution in [0.25, 0.3) is 22.4 Å². The topological polar surface area (TPSA) is 83.8 Å². The van der Waals surface area contributed by atoms with Crippen molar-refractivity contribution < 1.29 is 9.21 Å². The van der Waals surface area contributed by atoms with Crippen molar-refractivity contribution in [3.8, 4) is 11.5 Å². The quantitative estimate of drug-likeness (QED) is 0.403. The number of benzene rings is 2. The first-order valence-corrected chi connectivity index (χ1v) is 10.0. The van der Waals surface area contributed by atoms with Crippen molar-refractivity contribution in [1.82, 2.24) is 15.2 Å². The van der Waals surface area contributed by atoms with Crippen LogP contribution in [0.15, 0.2) is 52.2 Å². The van der Waals surface area contributed by atoms with Gasteiger partial charge in [-0.15, -0.1) is 10.2 Å². The Morgan fingerprint density at radius 1 is 1.21 bits per heavy atom. The van der Waals surface area contributed by atoms with Gasteiger partial charge in [-0.3, -0.25) is 4.79 Å². The highest BCUT2D eigenvalue weighted by molar-refractivity contribution is 7.99. The van der Waals surface area contributed by atoms with E-state index in [9.17, 15) is 4.79 Å². The summed E-state index contributed by atoms with van der Waals surface area (Å²) >= 11 is 13.5. The van der Waals surface area contributed by atoms with Crippen molar-refractivity contribution in [2.24, 2.45) is 0 Å². The molecular formula is C19H14Cl2N4O2S. The summed E-state index contributed by atoms with van der Waals surface area (Å²) in [6.07, 6.45) is 1.82. The molecule has 0 unspecified atom stereocenters. The molecule has 2 aromatic heterocycles. The molecule has 0 aliphatic carbocycles. The molecule has 4 aromatic rings. The fourth-order valence-electron chi connectivity index (χ4n) is 2.70. The molecule has 0 atom stereocenters. The molecule has 28 heavy (non-hydrogen) atoms. The normalized spacial score (nSPS) is 11.1. The maximum Gasteiger partial charge on any atom is 0.277 e. The Morgan fingerprint density at radius 2 is 2.04 bits per heavy atom. The van der Waals surface area contributed by atoms with Crippen molar-refractivity contribution in [2.45, 2.75) is 12.1 Å². The van der Waals surface area contributed by atoms with Gasteiger partial charge in [0.05, 0.1) is 27.0 Å². The van der Waals surface area contributed by atoms with E-state index in [-0.39, 0.29) is 11.7 Å². The van der Waals surface area contributed by atoms with Crippen LogP contribution in [0.1, 0.15) is 5.56 Å². The Bertz CT molecular complexity index is 1170. The van der Waals surface area contributed by atoms with Crippen LogP contribution in [0.2, 0.25) is 10.0 Å².